The van der Waals surface area contributed by atoms with Gasteiger partial charge >= 0.3 is 0 Å². The second kappa shape index (κ2) is 9.05. The first-order chi connectivity index (χ1) is 17.5. The van der Waals surface area contributed by atoms with Crippen molar-refractivity contribution in [2.24, 2.45) is 5.41 Å². The average Bonchev–Trinajstić information content (AvgIpc) is 3.50. The molecule has 0 amide bonds. The van der Waals surface area contributed by atoms with E-state index < -0.39 is 13.1 Å². The zero-order chi connectivity index (χ0) is 24.8. The predicted octanol–water partition coefficient (Wildman–Crippen LogP) is 8.16. The fourth-order valence-corrected chi connectivity index (χ4v) is 28.0. The summed E-state index contributed by atoms with van der Waals surface area (Å²) < 4.78 is 0. The summed E-state index contributed by atoms with van der Waals surface area (Å²) in [6.07, 6.45) is 5.17. The van der Waals surface area contributed by atoms with E-state index in [1.165, 1.54) is 26.8 Å². The van der Waals surface area contributed by atoms with Gasteiger partial charge in [0.25, 0.3) is 0 Å². The maximum absolute atomic E-state index is 2.59. The van der Waals surface area contributed by atoms with Crippen molar-refractivity contribution in [1.82, 2.24) is 0 Å². The SMILES string of the molecule is CC(C)(C)C1=CC2=P(c3ccccc3)(c3ccccc3)P=P(c3ccccc3)(c3ccccc3)C2=C1. The van der Waals surface area contributed by atoms with Gasteiger partial charge in [-0.05, 0) is 55.0 Å². The Bertz CT molecular complexity index is 1500. The lowest BCUT2D eigenvalue weighted by Gasteiger charge is -2.27. The van der Waals surface area contributed by atoms with E-state index in [0.29, 0.717) is 0 Å². The molecule has 1 aliphatic carbocycles. The molecule has 4 aromatic carbocycles. The highest BCUT2D eigenvalue weighted by molar-refractivity contribution is 8.55. The van der Waals surface area contributed by atoms with Gasteiger partial charge < -0.3 is 0 Å². The lowest BCUT2D eigenvalue weighted by molar-refractivity contribution is 0.518. The number of fused-ring (bicyclic) bond motifs is 1. The Kier molecular flexibility index (Phi) is 5.97. The van der Waals surface area contributed by atoms with Gasteiger partial charge in [-0.1, -0.05) is 150 Å². The molecule has 36 heavy (non-hydrogen) atoms. The number of benzene rings is 4. The van der Waals surface area contributed by atoms with Crippen molar-refractivity contribution in [3.8, 4) is 0 Å². The predicted molar refractivity (Wildman–Crippen MR) is 166 cm³/mol. The van der Waals surface area contributed by atoms with Crippen LogP contribution in [0.1, 0.15) is 20.8 Å². The molecule has 0 saturated heterocycles. The molecular formula is C33H31P3. The number of hydrogen-bond acceptors (Lipinski definition) is 0. The number of allylic oxidation sites excluding steroid dienone is 4. The van der Waals surface area contributed by atoms with Gasteiger partial charge in [-0.15, -0.1) is 0 Å². The summed E-state index contributed by atoms with van der Waals surface area (Å²) >= 11 is 0. The van der Waals surface area contributed by atoms with E-state index in [1.807, 2.05) is 0 Å². The van der Waals surface area contributed by atoms with E-state index >= 15 is 0 Å². The highest BCUT2D eigenvalue weighted by Crippen LogP contribution is 2.83. The van der Waals surface area contributed by atoms with Crippen molar-refractivity contribution < 1.29 is 0 Å². The van der Waals surface area contributed by atoms with Crippen LogP contribution < -0.4 is 21.2 Å². The number of hydrogen-bond donors (Lipinski definition) is 0. The zero-order valence-corrected chi connectivity index (χ0v) is 23.7. The van der Waals surface area contributed by atoms with Gasteiger partial charge in [-0.3, -0.25) is 0 Å². The zero-order valence-electron chi connectivity index (χ0n) is 21.0. The van der Waals surface area contributed by atoms with Crippen LogP contribution in [0.15, 0.2) is 144 Å². The fraction of sp³-hybridized carbons (Fsp3) is 0.121. The molecule has 0 N–H and O–H groups in total. The first-order valence-electron chi connectivity index (χ1n) is 12.5. The van der Waals surface area contributed by atoms with Gasteiger partial charge in [0.2, 0.25) is 0 Å². The Hall–Kier alpha value is -2.61. The molecule has 3 heteroatoms. The van der Waals surface area contributed by atoms with Crippen LogP contribution in [0, 0.1) is 5.41 Å². The Labute approximate surface area is 217 Å². The quantitative estimate of drug-likeness (QED) is 0.238. The third kappa shape index (κ3) is 3.63. The van der Waals surface area contributed by atoms with E-state index in [0.717, 1.165) is 0 Å². The Morgan fingerprint density at radius 1 is 0.500 bits per heavy atom. The molecule has 178 valence electrons. The van der Waals surface area contributed by atoms with Gasteiger partial charge in [0.1, 0.15) is 0 Å². The average molecular weight is 521 g/mol. The third-order valence-electron chi connectivity index (χ3n) is 7.20. The lowest BCUT2D eigenvalue weighted by Crippen LogP contribution is -2.18. The van der Waals surface area contributed by atoms with Gasteiger partial charge in [0.05, 0.1) is 0 Å². The topological polar surface area (TPSA) is 0 Å². The molecule has 0 aromatic heterocycles. The summed E-state index contributed by atoms with van der Waals surface area (Å²) in [5.74, 6) is 0. The molecule has 1 aliphatic heterocycles. The standard InChI is InChI=1S/C33H31P3/c1-33(2,3)26-24-31-32(25-26)36(29-20-12-6-13-21-29,30-22-14-7-15-23-30)34-35(31,27-16-8-4-9-17-27)28-18-10-5-11-19-28/h4-25H,1-3H3. The van der Waals surface area contributed by atoms with Gasteiger partial charge in [-0.2, -0.15) is 0 Å². The Morgan fingerprint density at radius 2 is 0.889 bits per heavy atom. The molecule has 4 aromatic rings. The van der Waals surface area contributed by atoms with E-state index in [4.69, 9.17) is 0 Å². The molecule has 0 atom stereocenters. The van der Waals surface area contributed by atoms with Crippen molar-refractivity contribution in [2.75, 3.05) is 0 Å². The third-order valence-corrected chi connectivity index (χ3v) is 24.7. The molecule has 0 bridgehead atoms. The highest BCUT2D eigenvalue weighted by atomic mass is 32.3. The van der Waals surface area contributed by atoms with Crippen LogP contribution in [0.25, 0.3) is 0 Å². The van der Waals surface area contributed by atoms with Crippen molar-refractivity contribution in [1.29, 1.82) is 0 Å². The Balaban J connectivity index is 1.86. The van der Waals surface area contributed by atoms with Crippen LogP contribution in [0.5, 0.6) is 0 Å². The van der Waals surface area contributed by atoms with Crippen LogP contribution in [-0.4, -0.2) is 5.29 Å². The molecule has 0 radical (unpaired) electrons. The van der Waals surface area contributed by atoms with E-state index in [1.54, 1.807) is 18.2 Å². The van der Waals surface area contributed by atoms with Crippen LogP contribution in [0.3, 0.4) is 0 Å². The molecule has 0 unspecified atom stereocenters. The molecule has 2 aliphatic rings. The summed E-state index contributed by atoms with van der Waals surface area (Å²) in [4.78, 5) is 0. The lowest BCUT2D eigenvalue weighted by atomic mass is 9.87. The van der Waals surface area contributed by atoms with E-state index in [9.17, 15) is 0 Å². The Morgan fingerprint density at radius 3 is 1.28 bits per heavy atom. The minimum absolute atomic E-state index is 0.0906. The smallest absolute Gasteiger partial charge is 0.00454 e. The minimum atomic E-state index is -1.92. The largest absolute Gasteiger partial charge is 0.0622 e. The molecule has 0 nitrogen and oxygen atoms in total. The van der Waals surface area contributed by atoms with Gasteiger partial charge in [0, 0.05) is 13.1 Å². The van der Waals surface area contributed by atoms with E-state index in [2.05, 4.69) is 154 Å². The molecule has 0 fully saturated rings. The van der Waals surface area contributed by atoms with Crippen LogP contribution in [0.4, 0.5) is 0 Å². The van der Waals surface area contributed by atoms with Crippen LogP contribution in [0.2, 0.25) is 0 Å². The summed E-state index contributed by atoms with van der Waals surface area (Å²) in [6.45, 7) is 3.22. The van der Waals surface area contributed by atoms with Crippen molar-refractivity contribution in [3.05, 3.63) is 144 Å². The maximum Gasteiger partial charge on any atom is 0.00454 e. The second-order valence-corrected chi connectivity index (χ2v) is 22.0. The molecule has 0 spiro atoms. The van der Waals surface area contributed by atoms with Crippen LogP contribution in [-0.2, 0) is 0 Å². The van der Waals surface area contributed by atoms with Crippen molar-refractivity contribution in [3.63, 3.8) is 0 Å². The van der Waals surface area contributed by atoms with E-state index in [-0.39, 0.29) is 5.41 Å². The molecular weight excluding hydrogens is 489 g/mol. The minimum Gasteiger partial charge on any atom is -0.0622 e. The normalized spacial score (nSPS) is 18.1. The van der Waals surface area contributed by atoms with Crippen molar-refractivity contribution in [2.45, 2.75) is 20.8 Å². The molecule has 0 saturated carbocycles. The monoisotopic (exact) mass is 520 g/mol. The summed E-state index contributed by atoms with van der Waals surface area (Å²) in [5.41, 5.74) is 1.54. The summed E-state index contributed by atoms with van der Waals surface area (Å²) in [6, 6.07) is 45.5. The number of rotatable bonds is 4. The van der Waals surface area contributed by atoms with Gasteiger partial charge in [-0.25, -0.2) is 0 Å². The molecule has 1 heterocycles. The van der Waals surface area contributed by atoms with Crippen LogP contribution >= 0.6 is 20.7 Å². The molecule has 6 rings (SSSR count). The summed E-state index contributed by atoms with van der Waals surface area (Å²) in [5, 5.41) is 9.12. The maximum atomic E-state index is 2.59. The highest BCUT2D eigenvalue weighted by Gasteiger charge is 2.45. The first-order valence-corrected chi connectivity index (χ1v) is 18.4. The fourth-order valence-electron chi connectivity index (χ4n) is 5.37. The summed E-state index contributed by atoms with van der Waals surface area (Å²) in [7, 11) is 1.55. The second-order valence-electron chi connectivity index (χ2n) is 10.5. The van der Waals surface area contributed by atoms with Crippen molar-refractivity contribution >= 4 is 47.2 Å². The first kappa shape index (κ1) is 23.8. The van der Waals surface area contributed by atoms with Gasteiger partial charge in [0.15, 0.2) is 0 Å².